The van der Waals surface area contributed by atoms with Gasteiger partial charge in [0.2, 0.25) is 5.91 Å². The highest BCUT2D eigenvalue weighted by Gasteiger charge is 2.00. The van der Waals surface area contributed by atoms with Crippen LogP contribution in [0.2, 0.25) is 0 Å². The molecule has 10 heavy (non-hydrogen) atoms. The minimum Gasteiger partial charge on any atom is -0.393 e. The summed E-state index contributed by atoms with van der Waals surface area (Å²) in [7, 11) is 1.72. The Morgan fingerprint density at radius 3 is 2.50 bits per heavy atom. The second-order valence-electron chi connectivity index (χ2n) is 2.16. The van der Waals surface area contributed by atoms with Crippen LogP contribution in [0.25, 0.3) is 0 Å². The quantitative estimate of drug-likeness (QED) is 0.597. The predicted molar refractivity (Wildman–Crippen MR) is 44.7 cm³/mol. The van der Waals surface area contributed by atoms with Crippen molar-refractivity contribution < 1.29 is 4.79 Å². The van der Waals surface area contributed by atoms with Crippen molar-refractivity contribution >= 4 is 23.1 Å². The summed E-state index contributed by atoms with van der Waals surface area (Å²) in [5.74, 6) is 0.0382. The van der Waals surface area contributed by atoms with Gasteiger partial charge in [0.15, 0.2) is 0 Å². The number of nitrogens with two attached hydrogens (primary N) is 1. The van der Waals surface area contributed by atoms with Crippen LogP contribution in [0.15, 0.2) is 0 Å². The second kappa shape index (κ2) is 4.22. The Balaban J connectivity index is 3.49. The van der Waals surface area contributed by atoms with Gasteiger partial charge in [-0.15, -0.1) is 0 Å². The summed E-state index contributed by atoms with van der Waals surface area (Å²) < 4.78 is 0. The number of rotatable bonds is 3. The van der Waals surface area contributed by atoms with E-state index in [9.17, 15) is 4.79 Å². The fraction of sp³-hybridized carbons (Fsp3) is 0.667. The lowest BCUT2D eigenvalue weighted by atomic mass is 10.4. The van der Waals surface area contributed by atoms with Crippen LogP contribution in [0.3, 0.4) is 0 Å². The minimum atomic E-state index is 0.0382. The Kier molecular flexibility index (Phi) is 3.95. The van der Waals surface area contributed by atoms with E-state index in [1.165, 1.54) is 6.92 Å². The van der Waals surface area contributed by atoms with E-state index >= 15 is 0 Å². The molecular weight excluding hydrogens is 148 g/mol. The Hall–Kier alpha value is -0.640. The third-order valence-corrected chi connectivity index (χ3v) is 1.44. The van der Waals surface area contributed by atoms with Crippen LogP contribution in [-0.4, -0.2) is 29.4 Å². The van der Waals surface area contributed by atoms with Crippen molar-refractivity contribution in [2.45, 2.75) is 13.3 Å². The van der Waals surface area contributed by atoms with Gasteiger partial charge >= 0.3 is 0 Å². The number of thiocarbonyl (C=S) groups is 1. The molecule has 1 amide bonds. The van der Waals surface area contributed by atoms with Gasteiger partial charge in [-0.05, 0) is 0 Å². The van der Waals surface area contributed by atoms with Crippen LogP contribution in [-0.2, 0) is 4.79 Å². The van der Waals surface area contributed by atoms with Crippen LogP contribution in [0.4, 0.5) is 0 Å². The molecule has 58 valence electrons. The van der Waals surface area contributed by atoms with Gasteiger partial charge in [-0.25, -0.2) is 0 Å². The molecule has 0 aliphatic rings. The number of hydrogen-bond donors (Lipinski definition) is 1. The van der Waals surface area contributed by atoms with Crippen molar-refractivity contribution in [2.24, 2.45) is 5.73 Å². The van der Waals surface area contributed by atoms with Gasteiger partial charge in [0.1, 0.15) is 0 Å². The summed E-state index contributed by atoms with van der Waals surface area (Å²) in [5.41, 5.74) is 5.23. The van der Waals surface area contributed by atoms with E-state index in [1.54, 1.807) is 11.9 Å². The van der Waals surface area contributed by atoms with Crippen molar-refractivity contribution in [1.29, 1.82) is 0 Å². The highest BCUT2D eigenvalue weighted by Crippen LogP contribution is 1.87. The molecule has 0 unspecified atom stereocenters. The first kappa shape index (κ1) is 9.36. The Bertz CT molecular complexity index is 147. The van der Waals surface area contributed by atoms with Crippen molar-refractivity contribution in [3.63, 3.8) is 0 Å². The molecule has 0 aromatic heterocycles. The average Bonchev–Trinajstić information content (AvgIpc) is 1.82. The van der Waals surface area contributed by atoms with Crippen molar-refractivity contribution in [2.75, 3.05) is 13.6 Å². The predicted octanol–water partition coefficient (Wildman–Crippen LogP) is 0.141. The third-order valence-electron chi connectivity index (χ3n) is 1.23. The molecule has 0 radical (unpaired) electrons. The fourth-order valence-corrected chi connectivity index (χ4v) is 0.527. The van der Waals surface area contributed by atoms with E-state index in [0.29, 0.717) is 18.0 Å². The first-order valence-electron chi connectivity index (χ1n) is 3.04. The van der Waals surface area contributed by atoms with Crippen LogP contribution in [0.1, 0.15) is 13.3 Å². The van der Waals surface area contributed by atoms with Gasteiger partial charge in [-0.2, -0.15) is 0 Å². The molecule has 0 aliphatic carbocycles. The molecule has 0 rings (SSSR count). The fourth-order valence-electron chi connectivity index (χ4n) is 0.435. The summed E-state index contributed by atoms with van der Waals surface area (Å²) in [6, 6.07) is 0. The second-order valence-corrected chi connectivity index (χ2v) is 2.68. The summed E-state index contributed by atoms with van der Waals surface area (Å²) in [5, 5.41) is 0. The lowest BCUT2D eigenvalue weighted by Crippen LogP contribution is -2.27. The van der Waals surface area contributed by atoms with E-state index in [-0.39, 0.29) is 5.91 Å². The number of carbonyl (C=O) groups is 1. The topological polar surface area (TPSA) is 46.3 Å². The van der Waals surface area contributed by atoms with Gasteiger partial charge in [-0.3, -0.25) is 4.79 Å². The first-order chi connectivity index (χ1) is 4.54. The molecule has 0 aromatic carbocycles. The molecule has 3 nitrogen and oxygen atoms in total. The van der Waals surface area contributed by atoms with Crippen LogP contribution < -0.4 is 5.73 Å². The highest BCUT2D eigenvalue weighted by molar-refractivity contribution is 7.80. The lowest BCUT2D eigenvalue weighted by molar-refractivity contribution is -0.127. The highest BCUT2D eigenvalue weighted by atomic mass is 32.1. The Labute approximate surface area is 66.2 Å². The molecule has 0 heterocycles. The zero-order valence-electron chi connectivity index (χ0n) is 6.26. The van der Waals surface area contributed by atoms with Crippen LogP contribution in [0, 0.1) is 0 Å². The van der Waals surface area contributed by atoms with E-state index < -0.39 is 0 Å². The minimum absolute atomic E-state index is 0.0382. The standard InChI is InChI=1S/C6H12N2OS/c1-5(9)8(2)4-3-6(7)10/h3-4H2,1-2H3,(H2,7,10). The van der Waals surface area contributed by atoms with E-state index in [0.717, 1.165) is 0 Å². The van der Waals surface area contributed by atoms with Crippen LogP contribution >= 0.6 is 12.2 Å². The van der Waals surface area contributed by atoms with Gasteiger partial charge in [0, 0.05) is 26.9 Å². The molecular formula is C6H12N2OS. The lowest BCUT2D eigenvalue weighted by Gasteiger charge is -2.13. The van der Waals surface area contributed by atoms with Gasteiger partial charge in [0.25, 0.3) is 0 Å². The van der Waals surface area contributed by atoms with E-state index in [1.807, 2.05) is 0 Å². The first-order valence-corrected chi connectivity index (χ1v) is 3.45. The molecule has 0 bridgehead atoms. The van der Waals surface area contributed by atoms with Gasteiger partial charge in [-0.1, -0.05) is 12.2 Å². The van der Waals surface area contributed by atoms with Gasteiger partial charge in [0.05, 0.1) is 4.99 Å². The monoisotopic (exact) mass is 160 g/mol. The molecule has 0 fully saturated rings. The zero-order valence-corrected chi connectivity index (χ0v) is 7.07. The maximum Gasteiger partial charge on any atom is 0.219 e. The summed E-state index contributed by atoms with van der Waals surface area (Å²) in [6.07, 6.45) is 0.603. The molecule has 0 saturated carbocycles. The molecule has 0 aliphatic heterocycles. The largest absolute Gasteiger partial charge is 0.393 e. The zero-order chi connectivity index (χ0) is 8.15. The number of hydrogen-bond acceptors (Lipinski definition) is 2. The van der Waals surface area contributed by atoms with Crippen molar-refractivity contribution in [3.8, 4) is 0 Å². The Morgan fingerprint density at radius 1 is 1.70 bits per heavy atom. The summed E-state index contributed by atoms with van der Waals surface area (Å²) >= 11 is 4.64. The molecule has 0 saturated heterocycles. The SMILES string of the molecule is CC(=O)N(C)CCC(N)=S. The molecule has 2 N–H and O–H groups in total. The number of amides is 1. The molecule has 0 atom stereocenters. The van der Waals surface area contributed by atoms with E-state index in [2.05, 4.69) is 12.2 Å². The molecule has 4 heteroatoms. The van der Waals surface area contributed by atoms with Crippen molar-refractivity contribution in [3.05, 3.63) is 0 Å². The summed E-state index contributed by atoms with van der Waals surface area (Å²) in [6.45, 7) is 2.13. The third kappa shape index (κ3) is 4.26. The van der Waals surface area contributed by atoms with Crippen molar-refractivity contribution in [1.82, 2.24) is 4.90 Å². The normalized spacial score (nSPS) is 9.00. The van der Waals surface area contributed by atoms with Crippen LogP contribution in [0.5, 0.6) is 0 Å². The average molecular weight is 160 g/mol. The van der Waals surface area contributed by atoms with E-state index in [4.69, 9.17) is 5.73 Å². The molecule has 0 spiro atoms. The van der Waals surface area contributed by atoms with Gasteiger partial charge < -0.3 is 10.6 Å². The molecule has 0 aromatic rings. The maximum atomic E-state index is 10.6. The smallest absolute Gasteiger partial charge is 0.219 e. The Morgan fingerprint density at radius 2 is 2.20 bits per heavy atom. The number of nitrogens with zero attached hydrogens (tertiary/aromatic N) is 1. The number of carbonyl (C=O) groups excluding carboxylic acids is 1. The summed E-state index contributed by atoms with van der Waals surface area (Å²) in [4.78, 5) is 12.6. The maximum absolute atomic E-state index is 10.6.